The van der Waals surface area contributed by atoms with E-state index in [-0.39, 0.29) is 5.38 Å². The van der Waals surface area contributed by atoms with Crippen molar-refractivity contribution in [3.63, 3.8) is 0 Å². The fourth-order valence-corrected chi connectivity index (χ4v) is 2.69. The summed E-state index contributed by atoms with van der Waals surface area (Å²) < 4.78 is 1.02. The molecule has 17 heavy (non-hydrogen) atoms. The van der Waals surface area contributed by atoms with Crippen molar-refractivity contribution in [2.24, 2.45) is 0 Å². The summed E-state index contributed by atoms with van der Waals surface area (Å²) >= 11 is 21.8. The highest BCUT2D eigenvalue weighted by atomic mass is 79.9. The maximum atomic E-state index is 6.40. The second kappa shape index (κ2) is 5.62. The first-order valence-corrected chi connectivity index (χ1v) is 6.91. The highest BCUT2D eigenvalue weighted by molar-refractivity contribution is 9.10. The largest absolute Gasteiger partial charge is 0.113 e. The van der Waals surface area contributed by atoms with E-state index in [1.54, 1.807) is 12.1 Å². The van der Waals surface area contributed by atoms with Crippen LogP contribution in [0, 0.1) is 0 Å². The van der Waals surface area contributed by atoms with Crippen LogP contribution in [0.25, 0.3) is 0 Å². The average Bonchev–Trinajstić information content (AvgIpc) is 2.29. The van der Waals surface area contributed by atoms with Gasteiger partial charge in [0.25, 0.3) is 0 Å². The fraction of sp³-hybridized carbons (Fsp3) is 0.0769. The zero-order valence-corrected chi connectivity index (χ0v) is 12.5. The van der Waals surface area contributed by atoms with Crippen LogP contribution in [0.15, 0.2) is 46.9 Å². The van der Waals surface area contributed by atoms with Crippen molar-refractivity contribution in [3.8, 4) is 0 Å². The first-order valence-electron chi connectivity index (χ1n) is 4.92. The van der Waals surface area contributed by atoms with Crippen LogP contribution in [-0.2, 0) is 0 Å². The van der Waals surface area contributed by atoms with E-state index in [9.17, 15) is 0 Å². The SMILES string of the molecule is Clc1ccc(C(Cl)c2ccc(Br)cc2)c(Cl)c1. The Balaban J connectivity index is 2.36. The third-order valence-corrected chi connectivity index (χ3v) is 3.98. The first-order chi connectivity index (χ1) is 8.08. The van der Waals surface area contributed by atoms with Crippen LogP contribution in [0.5, 0.6) is 0 Å². The molecule has 4 heteroatoms. The molecule has 0 radical (unpaired) electrons. The Labute approximate surface area is 124 Å². The molecule has 0 N–H and O–H groups in total. The van der Waals surface area contributed by atoms with Gasteiger partial charge in [-0.1, -0.05) is 57.3 Å². The van der Waals surface area contributed by atoms with Crippen LogP contribution in [0.4, 0.5) is 0 Å². The predicted octanol–water partition coefficient (Wildman–Crippen LogP) is 6.08. The highest BCUT2D eigenvalue weighted by Gasteiger charge is 2.14. The van der Waals surface area contributed by atoms with Gasteiger partial charge in [0.15, 0.2) is 0 Å². The molecule has 0 aromatic heterocycles. The Hall–Kier alpha value is -0.210. The van der Waals surface area contributed by atoms with E-state index in [4.69, 9.17) is 34.8 Å². The van der Waals surface area contributed by atoms with Crippen LogP contribution < -0.4 is 0 Å². The molecular formula is C13H8BrCl3. The zero-order valence-electron chi connectivity index (χ0n) is 8.63. The summed E-state index contributed by atoms with van der Waals surface area (Å²) in [5, 5.41) is 0.923. The van der Waals surface area contributed by atoms with Crippen molar-refractivity contribution in [3.05, 3.63) is 68.1 Å². The quantitative estimate of drug-likeness (QED) is 0.575. The number of rotatable bonds is 2. The molecule has 1 unspecified atom stereocenters. The number of benzene rings is 2. The van der Waals surface area contributed by atoms with Gasteiger partial charge in [-0.25, -0.2) is 0 Å². The molecule has 88 valence electrons. The van der Waals surface area contributed by atoms with Crippen LogP contribution >= 0.6 is 50.7 Å². The number of halogens is 4. The van der Waals surface area contributed by atoms with Gasteiger partial charge < -0.3 is 0 Å². The molecule has 0 fully saturated rings. The molecule has 0 nitrogen and oxygen atoms in total. The maximum absolute atomic E-state index is 6.40. The van der Waals surface area contributed by atoms with Gasteiger partial charge in [0.05, 0.1) is 5.38 Å². The van der Waals surface area contributed by atoms with Gasteiger partial charge in [0, 0.05) is 14.5 Å². The van der Waals surface area contributed by atoms with E-state index < -0.39 is 0 Å². The minimum absolute atomic E-state index is 0.270. The standard InChI is InChI=1S/C13H8BrCl3/c14-9-3-1-8(2-4-9)13(17)11-6-5-10(15)7-12(11)16/h1-7,13H. The minimum Gasteiger partial charge on any atom is -0.113 e. The predicted molar refractivity (Wildman–Crippen MR) is 78.3 cm³/mol. The topological polar surface area (TPSA) is 0 Å². The second-order valence-electron chi connectivity index (χ2n) is 3.58. The van der Waals surface area contributed by atoms with Gasteiger partial charge in [0.2, 0.25) is 0 Å². The second-order valence-corrected chi connectivity index (χ2v) is 5.78. The molecule has 0 amide bonds. The van der Waals surface area contributed by atoms with Crippen LogP contribution in [0.2, 0.25) is 10.0 Å². The summed E-state index contributed by atoms with van der Waals surface area (Å²) in [6.07, 6.45) is 0. The van der Waals surface area contributed by atoms with Crippen molar-refractivity contribution in [2.75, 3.05) is 0 Å². The lowest BCUT2D eigenvalue weighted by Crippen LogP contribution is -1.94. The van der Waals surface area contributed by atoms with Crippen LogP contribution in [0.1, 0.15) is 16.5 Å². The molecule has 0 saturated carbocycles. The van der Waals surface area contributed by atoms with E-state index in [2.05, 4.69) is 15.9 Å². The third-order valence-electron chi connectivity index (χ3n) is 2.40. The molecular weight excluding hydrogens is 342 g/mol. The Morgan fingerprint density at radius 2 is 1.59 bits per heavy atom. The lowest BCUT2D eigenvalue weighted by atomic mass is 10.0. The summed E-state index contributed by atoms with van der Waals surface area (Å²) in [4.78, 5) is 0. The van der Waals surface area contributed by atoms with Crippen LogP contribution in [-0.4, -0.2) is 0 Å². The smallest absolute Gasteiger partial charge is 0.0849 e. The van der Waals surface area contributed by atoms with E-state index >= 15 is 0 Å². The highest BCUT2D eigenvalue weighted by Crippen LogP contribution is 2.35. The fourth-order valence-electron chi connectivity index (χ4n) is 1.52. The molecule has 0 spiro atoms. The molecule has 0 aliphatic heterocycles. The summed E-state index contributed by atoms with van der Waals surface area (Å²) in [5.41, 5.74) is 1.86. The minimum atomic E-state index is -0.270. The molecule has 0 aliphatic rings. The average molecular weight is 350 g/mol. The molecule has 0 saturated heterocycles. The van der Waals surface area contributed by atoms with Gasteiger partial charge in [-0.3, -0.25) is 0 Å². The van der Waals surface area contributed by atoms with Gasteiger partial charge in [0.1, 0.15) is 0 Å². The van der Waals surface area contributed by atoms with Gasteiger partial charge in [-0.2, -0.15) is 0 Å². The number of hydrogen-bond acceptors (Lipinski definition) is 0. The van der Waals surface area contributed by atoms with Crippen molar-refractivity contribution in [1.82, 2.24) is 0 Å². The molecule has 2 rings (SSSR count). The Kier molecular flexibility index (Phi) is 4.37. The Morgan fingerprint density at radius 1 is 0.941 bits per heavy atom. The molecule has 0 bridgehead atoms. The van der Waals surface area contributed by atoms with E-state index in [1.807, 2.05) is 30.3 Å². The first kappa shape index (κ1) is 13.2. The van der Waals surface area contributed by atoms with E-state index in [0.717, 1.165) is 15.6 Å². The van der Waals surface area contributed by atoms with Crippen molar-refractivity contribution in [2.45, 2.75) is 5.38 Å². The summed E-state index contributed by atoms with van der Waals surface area (Å²) in [6.45, 7) is 0. The molecule has 0 aliphatic carbocycles. The number of alkyl halides is 1. The summed E-state index contributed by atoms with van der Waals surface area (Å²) in [7, 11) is 0. The number of hydrogen-bond donors (Lipinski definition) is 0. The lowest BCUT2D eigenvalue weighted by molar-refractivity contribution is 1.14. The van der Waals surface area contributed by atoms with Gasteiger partial charge in [-0.05, 0) is 35.4 Å². The summed E-state index contributed by atoms with van der Waals surface area (Å²) in [6, 6.07) is 13.2. The van der Waals surface area contributed by atoms with Crippen molar-refractivity contribution >= 4 is 50.7 Å². The Morgan fingerprint density at radius 3 is 2.18 bits per heavy atom. The molecule has 2 aromatic carbocycles. The maximum Gasteiger partial charge on any atom is 0.0849 e. The van der Waals surface area contributed by atoms with Crippen molar-refractivity contribution < 1.29 is 0 Å². The summed E-state index contributed by atoms with van der Waals surface area (Å²) in [5.74, 6) is 0. The van der Waals surface area contributed by atoms with Crippen molar-refractivity contribution in [1.29, 1.82) is 0 Å². The normalized spacial score (nSPS) is 12.5. The van der Waals surface area contributed by atoms with Gasteiger partial charge in [-0.15, -0.1) is 11.6 Å². The zero-order chi connectivity index (χ0) is 12.4. The monoisotopic (exact) mass is 348 g/mol. The molecule has 0 heterocycles. The van der Waals surface area contributed by atoms with Crippen LogP contribution in [0.3, 0.4) is 0 Å². The van der Waals surface area contributed by atoms with Gasteiger partial charge >= 0.3 is 0 Å². The Bertz CT molecular complexity index is 523. The third kappa shape index (κ3) is 3.17. The van der Waals surface area contributed by atoms with E-state index in [1.165, 1.54) is 0 Å². The lowest BCUT2D eigenvalue weighted by Gasteiger charge is -2.12. The molecule has 1 atom stereocenters. The van der Waals surface area contributed by atoms with E-state index in [0.29, 0.717) is 10.0 Å². The molecule has 2 aromatic rings.